The third kappa shape index (κ3) is 3.68. The first kappa shape index (κ1) is 17.9. The molecular weight excluding hydrogens is 352 g/mol. The van der Waals surface area contributed by atoms with E-state index in [1.165, 1.54) is 7.11 Å². The number of aromatic nitrogens is 2. The Morgan fingerprint density at radius 3 is 2.46 bits per heavy atom. The molecule has 5 nitrogen and oxygen atoms in total. The molecule has 1 aromatic carbocycles. The van der Waals surface area contributed by atoms with Gasteiger partial charge >= 0.3 is 5.97 Å². The van der Waals surface area contributed by atoms with Crippen LogP contribution in [0.4, 0.5) is 0 Å². The number of aryl methyl sites for hydroxylation is 1. The zero-order valence-electron chi connectivity index (χ0n) is 14.4. The third-order valence-corrected chi connectivity index (χ3v) is 4.14. The summed E-state index contributed by atoms with van der Waals surface area (Å²) in [6.07, 6.45) is 3.27. The number of halogens is 1. The quantitative estimate of drug-likeness (QED) is 0.491. The molecule has 3 rings (SSSR count). The number of rotatable bonds is 5. The maximum absolute atomic E-state index is 12.8. The standard InChI is InChI=1S/C20H17ClN2O3/c1-13-18(25-2)16(15-8-10-22-11-9-15)17(19(21)23-13)20(24)26-12-14-6-4-3-5-7-14/h3-11H,12H2,1-2H3. The van der Waals surface area contributed by atoms with Crippen LogP contribution >= 0.6 is 11.6 Å². The van der Waals surface area contributed by atoms with Crippen molar-refractivity contribution in [2.24, 2.45) is 0 Å². The largest absolute Gasteiger partial charge is 0.494 e. The number of pyridine rings is 2. The molecule has 6 heteroatoms. The fourth-order valence-corrected chi connectivity index (χ4v) is 2.98. The van der Waals surface area contributed by atoms with Crippen LogP contribution in [0.25, 0.3) is 11.1 Å². The van der Waals surface area contributed by atoms with Crippen molar-refractivity contribution in [2.45, 2.75) is 13.5 Å². The summed E-state index contributed by atoms with van der Waals surface area (Å²) in [5.41, 5.74) is 2.94. The Bertz CT molecular complexity index is 915. The van der Waals surface area contributed by atoms with Gasteiger partial charge in [0, 0.05) is 18.0 Å². The van der Waals surface area contributed by atoms with Gasteiger partial charge in [-0.3, -0.25) is 4.98 Å². The second-order valence-electron chi connectivity index (χ2n) is 5.57. The zero-order chi connectivity index (χ0) is 18.5. The fraction of sp³-hybridized carbons (Fsp3) is 0.150. The minimum absolute atomic E-state index is 0.0770. The summed E-state index contributed by atoms with van der Waals surface area (Å²) in [4.78, 5) is 21.0. The molecule has 26 heavy (non-hydrogen) atoms. The van der Waals surface area contributed by atoms with Gasteiger partial charge in [0.05, 0.1) is 12.8 Å². The fourth-order valence-electron chi connectivity index (χ4n) is 2.68. The van der Waals surface area contributed by atoms with Gasteiger partial charge in [-0.15, -0.1) is 0 Å². The third-order valence-electron chi connectivity index (χ3n) is 3.87. The van der Waals surface area contributed by atoms with E-state index >= 15 is 0 Å². The van der Waals surface area contributed by atoms with Crippen molar-refractivity contribution in [1.82, 2.24) is 9.97 Å². The summed E-state index contributed by atoms with van der Waals surface area (Å²) in [6.45, 7) is 1.91. The number of ether oxygens (including phenoxy) is 2. The van der Waals surface area contributed by atoms with Crippen LogP contribution in [0.3, 0.4) is 0 Å². The Morgan fingerprint density at radius 2 is 1.81 bits per heavy atom. The van der Waals surface area contributed by atoms with Gasteiger partial charge in [-0.2, -0.15) is 0 Å². The van der Waals surface area contributed by atoms with E-state index in [-0.39, 0.29) is 17.3 Å². The summed E-state index contributed by atoms with van der Waals surface area (Å²) in [7, 11) is 1.53. The minimum Gasteiger partial charge on any atom is -0.494 e. The Hall–Kier alpha value is -2.92. The Labute approximate surface area is 156 Å². The molecule has 0 atom stereocenters. The van der Waals surface area contributed by atoms with Crippen molar-refractivity contribution < 1.29 is 14.3 Å². The molecule has 0 spiro atoms. The van der Waals surface area contributed by atoms with E-state index in [2.05, 4.69) is 9.97 Å². The van der Waals surface area contributed by atoms with E-state index in [0.717, 1.165) is 11.1 Å². The van der Waals surface area contributed by atoms with Gasteiger partial charge < -0.3 is 9.47 Å². The zero-order valence-corrected chi connectivity index (χ0v) is 15.2. The van der Waals surface area contributed by atoms with E-state index < -0.39 is 5.97 Å². The average molecular weight is 369 g/mol. The molecule has 0 N–H and O–H groups in total. The predicted octanol–water partition coefficient (Wildman–Crippen LogP) is 4.47. The number of carbonyl (C=O) groups is 1. The second-order valence-corrected chi connectivity index (χ2v) is 5.93. The lowest BCUT2D eigenvalue weighted by atomic mass is 10.00. The maximum atomic E-state index is 12.8. The SMILES string of the molecule is COc1c(C)nc(Cl)c(C(=O)OCc2ccccc2)c1-c1ccncc1. The molecule has 0 amide bonds. The highest BCUT2D eigenvalue weighted by molar-refractivity contribution is 6.33. The highest BCUT2D eigenvalue weighted by atomic mass is 35.5. The summed E-state index contributed by atoms with van der Waals surface area (Å²) in [6, 6.07) is 13.0. The van der Waals surface area contributed by atoms with Crippen LogP contribution in [0.1, 0.15) is 21.6 Å². The van der Waals surface area contributed by atoms with Crippen molar-refractivity contribution in [3.8, 4) is 16.9 Å². The lowest BCUT2D eigenvalue weighted by Crippen LogP contribution is -2.11. The first-order valence-corrected chi connectivity index (χ1v) is 8.35. The van der Waals surface area contributed by atoms with E-state index in [0.29, 0.717) is 17.0 Å². The number of nitrogens with zero attached hydrogens (tertiary/aromatic N) is 2. The van der Waals surface area contributed by atoms with Crippen LogP contribution in [0, 0.1) is 6.92 Å². The normalized spacial score (nSPS) is 10.4. The van der Waals surface area contributed by atoms with Crippen LogP contribution in [-0.4, -0.2) is 23.0 Å². The number of methoxy groups -OCH3 is 1. The van der Waals surface area contributed by atoms with Crippen molar-refractivity contribution in [3.05, 3.63) is 76.8 Å². The Morgan fingerprint density at radius 1 is 1.12 bits per heavy atom. The van der Waals surface area contributed by atoms with Crippen LogP contribution in [0.2, 0.25) is 5.15 Å². The van der Waals surface area contributed by atoms with Crippen molar-refractivity contribution in [3.63, 3.8) is 0 Å². The van der Waals surface area contributed by atoms with E-state index in [4.69, 9.17) is 21.1 Å². The molecule has 0 aliphatic carbocycles. The molecule has 0 saturated carbocycles. The van der Waals surface area contributed by atoms with E-state index in [1.54, 1.807) is 31.5 Å². The number of hydrogen-bond donors (Lipinski definition) is 0. The average Bonchev–Trinajstić information content (AvgIpc) is 2.67. The van der Waals surface area contributed by atoms with Gasteiger partial charge in [0.25, 0.3) is 0 Å². The Balaban J connectivity index is 2.04. The molecular formula is C20H17ClN2O3. The number of carbonyl (C=O) groups excluding carboxylic acids is 1. The molecule has 0 radical (unpaired) electrons. The molecule has 0 saturated heterocycles. The Kier molecular flexibility index (Phi) is 5.49. The number of benzene rings is 1. The van der Waals surface area contributed by atoms with Gasteiger partial charge in [0.15, 0.2) is 0 Å². The monoisotopic (exact) mass is 368 g/mol. The van der Waals surface area contributed by atoms with Gasteiger partial charge in [-0.25, -0.2) is 9.78 Å². The smallest absolute Gasteiger partial charge is 0.342 e. The van der Waals surface area contributed by atoms with Crippen LogP contribution in [0.15, 0.2) is 54.9 Å². The van der Waals surface area contributed by atoms with Crippen molar-refractivity contribution >= 4 is 17.6 Å². The number of esters is 1. The molecule has 0 fully saturated rings. The van der Waals surface area contributed by atoms with Crippen LogP contribution in [0.5, 0.6) is 5.75 Å². The molecule has 2 aromatic heterocycles. The predicted molar refractivity (Wildman–Crippen MR) is 99.3 cm³/mol. The van der Waals surface area contributed by atoms with Crippen LogP contribution in [-0.2, 0) is 11.3 Å². The van der Waals surface area contributed by atoms with Gasteiger partial charge in [-0.05, 0) is 30.2 Å². The molecule has 0 aliphatic rings. The second kappa shape index (κ2) is 7.97. The van der Waals surface area contributed by atoms with Gasteiger partial charge in [-0.1, -0.05) is 41.9 Å². The highest BCUT2D eigenvalue weighted by Crippen LogP contribution is 2.38. The molecule has 0 bridgehead atoms. The van der Waals surface area contributed by atoms with E-state index in [1.807, 2.05) is 30.3 Å². The highest BCUT2D eigenvalue weighted by Gasteiger charge is 2.25. The maximum Gasteiger partial charge on any atom is 0.342 e. The van der Waals surface area contributed by atoms with Crippen LogP contribution < -0.4 is 4.74 Å². The molecule has 0 unspecified atom stereocenters. The molecule has 0 aliphatic heterocycles. The molecule has 132 valence electrons. The summed E-state index contributed by atoms with van der Waals surface area (Å²) < 4.78 is 11.0. The first-order chi connectivity index (χ1) is 12.6. The molecule has 3 aromatic rings. The molecule has 2 heterocycles. The lowest BCUT2D eigenvalue weighted by Gasteiger charge is -2.16. The van der Waals surface area contributed by atoms with E-state index in [9.17, 15) is 4.79 Å². The lowest BCUT2D eigenvalue weighted by molar-refractivity contribution is 0.0473. The summed E-state index contributed by atoms with van der Waals surface area (Å²) >= 11 is 6.31. The number of hydrogen-bond acceptors (Lipinski definition) is 5. The minimum atomic E-state index is -0.559. The summed E-state index contributed by atoms with van der Waals surface area (Å²) in [5, 5.41) is 0.0770. The van der Waals surface area contributed by atoms with Crippen molar-refractivity contribution in [2.75, 3.05) is 7.11 Å². The topological polar surface area (TPSA) is 61.3 Å². The first-order valence-electron chi connectivity index (χ1n) is 7.97. The van der Waals surface area contributed by atoms with Gasteiger partial charge in [0.2, 0.25) is 0 Å². The van der Waals surface area contributed by atoms with Crippen molar-refractivity contribution in [1.29, 1.82) is 0 Å². The van der Waals surface area contributed by atoms with Gasteiger partial charge in [0.1, 0.15) is 23.1 Å². The summed E-state index contributed by atoms with van der Waals surface area (Å²) in [5.74, 6) is -0.0799.